The van der Waals surface area contributed by atoms with Gasteiger partial charge in [-0.2, -0.15) is 0 Å². The summed E-state index contributed by atoms with van der Waals surface area (Å²) in [6, 6.07) is 17.6. The number of amidine groups is 1. The number of carbonyl (C=O) groups excluding carboxylic acids is 2. The molecule has 1 aromatic heterocycles. The van der Waals surface area contributed by atoms with E-state index >= 15 is 0 Å². The van der Waals surface area contributed by atoms with Crippen molar-refractivity contribution in [2.24, 2.45) is 4.99 Å². The predicted molar refractivity (Wildman–Crippen MR) is 118 cm³/mol. The maximum atomic E-state index is 13.0. The summed E-state index contributed by atoms with van der Waals surface area (Å²) in [5, 5.41) is 3.45. The van der Waals surface area contributed by atoms with Crippen LogP contribution in [0.5, 0.6) is 0 Å². The van der Waals surface area contributed by atoms with Crippen LogP contribution in [0.25, 0.3) is 6.08 Å². The first-order valence-electron chi connectivity index (χ1n) is 9.47. The fraction of sp³-hybridized carbons (Fsp3) is 0.0455. The number of amides is 2. The number of nitrogens with zero attached hydrogens (tertiary/aromatic N) is 2. The molecule has 0 saturated carbocycles. The molecule has 9 nitrogen and oxygen atoms in total. The molecule has 2 aromatic carbocycles. The van der Waals surface area contributed by atoms with Gasteiger partial charge in [0.2, 0.25) is 5.91 Å². The molecule has 0 radical (unpaired) electrons. The maximum Gasteiger partial charge on any atom is 0.293 e. The van der Waals surface area contributed by atoms with E-state index in [4.69, 9.17) is 4.42 Å². The molecule has 2 amide bonds. The summed E-state index contributed by atoms with van der Waals surface area (Å²) >= 11 is 0. The molecule has 0 unspecified atom stereocenters. The standard InChI is InChI=1S/C22H18N4O5S/c1-15(27)23-17-9-11-19(12-10-17)32(29,30)25-26-21(16-6-3-2-4-7-16)24-20(22(26)28)14-18-8-5-13-31-18/h2-14,25H,1H3,(H,23,27)/b20-14-. The number of carbonyl (C=O) groups is 2. The van der Waals surface area contributed by atoms with Crippen LogP contribution < -0.4 is 10.1 Å². The number of benzene rings is 2. The van der Waals surface area contributed by atoms with Crippen LogP contribution in [0, 0.1) is 0 Å². The number of sulfonamides is 1. The van der Waals surface area contributed by atoms with Gasteiger partial charge in [-0.05, 0) is 36.4 Å². The van der Waals surface area contributed by atoms with Crippen molar-refractivity contribution in [3.05, 3.63) is 90.0 Å². The number of nitrogens with one attached hydrogen (secondary N) is 2. The number of anilines is 1. The molecule has 1 aliphatic rings. The number of aliphatic imine (C=N–C) groups is 1. The van der Waals surface area contributed by atoms with Crippen molar-refractivity contribution < 1.29 is 22.4 Å². The van der Waals surface area contributed by atoms with Gasteiger partial charge in [0, 0.05) is 24.3 Å². The van der Waals surface area contributed by atoms with Gasteiger partial charge in [-0.25, -0.2) is 18.4 Å². The molecule has 0 atom stereocenters. The molecule has 3 aromatic rings. The molecule has 0 saturated heterocycles. The van der Waals surface area contributed by atoms with Gasteiger partial charge in [0.15, 0.2) is 5.84 Å². The van der Waals surface area contributed by atoms with Crippen molar-refractivity contribution in [1.82, 2.24) is 9.84 Å². The Bertz CT molecular complexity index is 1310. The van der Waals surface area contributed by atoms with Gasteiger partial charge in [0.05, 0.1) is 11.2 Å². The lowest BCUT2D eigenvalue weighted by molar-refractivity contribution is -0.123. The van der Waals surface area contributed by atoms with Crippen LogP contribution >= 0.6 is 0 Å². The normalized spacial score (nSPS) is 15.2. The summed E-state index contributed by atoms with van der Waals surface area (Å²) in [5.74, 6) is -0.394. The molecule has 2 heterocycles. The summed E-state index contributed by atoms with van der Waals surface area (Å²) in [7, 11) is -4.14. The van der Waals surface area contributed by atoms with Gasteiger partial charge in [-0.15, -0.1) is 4.83 Å². The quantitative estimate of drug-likeness (QED) is 0.560. The van der Waals surface area contributed by atoms with Gasteiger partial charge in [-0.1, -0.05) is 30.3 Å². The van der Waals surface area contributed by atoms with Crippen LogP contribution in [0.1, 0.15) is 18.2 Å². The second-order valence-corrected chi connectivity index (χ2v) is 8.45. The van der Waals surface area contributed by atoms with Crippen LogP contribution in [0.15, 0.2) is 93.0 Å². The number of hydrogen-bond acceptors (Lipinski definition) is 6. The van der Waals surface area contributed by atoms with Crippen molar-refractivity contribution in [2.45, 2.75) is 11.8 Å². The Kier molecular flexibility index (Phi) is 5.71. The van der Waals surface area contributed by atoms with E-state index in [1.54, 1.807) is 42.5 Å². The first-order chi connectivity index (χ1) is 15.3. The van der Waals surface area contributed by atoms with Gasteiger partial charge in [0.25, 0.3) is 15.9 Å². The van der Waals surface area contributed by atoms with Crippen molar-refractivity contribution >= 4 is 39.4 Å². The number of rotatable bonds is 6. The summed E-state index contributed by atoms with van der Waals surface area (Å²) in [6.45, 7) is 1.35. The Labute approximate surface area is 184 Å². The van der Waals surface area contributed by atoms with E-state index < -0.39 is 15.9 Å². The van der Waals surface area contributed by atoms with Crippen molar-refractivity contribution in [3.63, 3.8) is 0 Å². The summed E-state index contributed by atoms with van der Waals surface area (Å²) < 4.78 is 31.2. The molecule has 4 rings (SSSR count). The third kappa shape index (κ3) is 4.51. The molecule has 2 N–H and O–H groups in total. The number of furan rings is 1. The first kappa shape index (κ1) is 21.2. The highest BCUT2D eigenvalue weighted by Crippen LogP contribution is 2.23. The van der Waals surface area contributed by atoms with Gasteiger partial charge in [0.1, 0.15) is 11.5 Å². The minimum absolute atomic E-state index is 0.0162. The second kappa shape index (κ2) is 8.61. The third-order valence-corrected chi connectivity index (χ3v) is 5.73. The van der Waals surface area contributed by atoms with Crippen molar-refractivity contribution in [3.8, 4) is 0 Å². The third-order valence-electron chi connectivity index (χ3n) is 4.41. The van der Waals surface area contributed by atoms with E-state index in [2.05, 4.69) is 15.1 Å². The lowest BCUT2D eigenvalue weighted by atomic mass is 10.2. The zero-order valence-electron chi connectivity index (χ0n) is 16.8. The zero-order chi connectivity index (χ0) is 22.7. The van der Waals surface area contributed by atoms with Crippen LogP contribution in [-0.4, -0.2) is 31.1 Å². The lowest BCUT2D eigenvalue weighted by Crippen LogP contribution is -2.47. The smallest absolute Gasteiger partial charge is 0.293 e. The van der Waals surface area contributed by atoms with E-state index in [0.717, 1.165) is 5.01 Å². The number of hydrogen-bond donors (Lipinski definition) is 2. The van der Waals surface area contributed by atoms with Gasteiger partial charge < -0.3 is 9.73 Å². The lowest BCUT2D eigenvalue weighted by Gasteiger charge is -2.19. The molecule has 0 fully saturated rings. The highest BCUT2D eigenvalue weighted by molar-refractivity contribution is 7.89. The Balaban J connectivity index is 1.67. The highest BCUT2D eigenvalue weighted by atomic mass is 32.2. The molecule has 0 aliphatic carbocycles. The van der Waals surface area contributed by atoms with Crippen LogP contribution in [0.2, 0.25) is 0 Å². The number of hydrazine groups is 1. The average molecular weight is 450 g/mol. The molecule has 1 aliphatic heterocycles. The van der Waals surface area contributed by atoms with Gasteiger partial charge in [-0.3, -0.25) is 9.59 Å². The Morgan fingerprint density at radius 2 is 1.75 bits per heavy atom. The fourth-order valence-electron chi connectivity index (χ4n) is 2.98. The fourth-order valence-corrected chi connectivity index (χ4v) is 3.99. The first-order valence-corrected chi connectivity index (χ1v) is 11.0. The summed E-state index contributed by atoms with van der Waals surface area (Å²) in [4.78, 5) is 30.8. The van der Waals surface area contributed by atoms with Gasteiger partial charge >= 0.3 is 0 Å². The van der Waals surface area contributed by atoms with Crippen molar-refractivity contribution in [2.75, 3.05) is 5.32 Å². The Morgan fingerprint density at radius 3 is 2.38 bits per heavy atom. The minimum atomic E-state index is -4.14. The van der Waals surface area contributed by atoms with E-state index in [1.807, 2.05) is 0 Å². The van der Waals surface area contributed by atoms with Crippen LogP contribution in [-0.2, 0) is 19.6 Å². The van der Waals surface area contributed by atoms with E-state index in [9.17, 15) is 18.0 Å². The molecular formula is C22H18N4O5S. The molecule has 10 heteroatoms. The minimum Gasteiger partial charge on any atom is -0.465 e. The topological polar surface area (TPSA) is 121 Å². The van der Waals surface area contributed by atoms with Crippen molar-refractivity contribution in [1.29, 1.82) is 0 Å². The van der Waals surface area contributed by atoms with Crippen LogP contribution in [0.3, 0.4) is 0 Å². The van der Waals surface area contributed by atoms with E-state index in [1.165, 1.54) is 43.5 Å². The van der Waals surface area contributed by atoms with Crippen LogP contribution in [0.4, 0.5) is 5.69 Å². The molecule has 0 bridgehead atoms. The molecule has 0 spiro atoms. The molecule has 162 valence electrons. The summed E-state index contributed by atoms with van der Waals surface area (Å²) in [5.41, 5.74) is 1.01. The van der Waals surface area contributed by atoms with E-state index in [-0.39, 0.29) is 22.3 Å². The largest absolute Gasteiger partial charge is 0.465 e. The Morgan fingerprint density at radius 1 is 1.03 bits per heavy atom. The maximum absolute atomic E-state index is 13.0. The highest BCUT2D eigenvalue weighted by Gasteiger charge is 2.35. The average Bonchev–Trinajstić information content (AvgIpc) is 3.38. The monoisotopic (exact) mass is 450 g/mol. The second-order valence-electron chi connectivity index (χ2n) is 6.79. The van der Waals surface area contributed by atoms with E-state index in [0.29, 0.717) is 17.0 Å². The molecule has 32 heavy (non-hydrogen) atoms. The SMILES string of the molecule is CC(=O)Nc1ccc(S(=O)(=O)NN2C(=O)/C(=C/c3ccco3)N=C2c2ccccc2)cc1. The predicted octanol–water partition coefficient (Wildman–Crippen LogP) is 2.76. The molecular weight excluding hydrogens is 432 g/mol. The summed E-state index contributed by atoms with van der Waals surface area (Å²) in [6.07, 6.45) is 2.89. The Hall–Kier alpha value is -4.02. The zero-order valence-corrected chi connectivity index (χ0v) is 17.7.